The number of sulfonamides is 1. The zero-order valence-electron chi connectivity index (χ0n) is 10.6. The van der Waals surface area contributed by atoms with Gasteiger partial charge in [-0.15, -0.1) is 0 Å². The molecule has 0 aliphatic carbocycles. The normalized spacial score (nSPS) is 11.1. The molecule has 0 fully saturated rings. The number of nitrogens with one attached hydrogen (secondary N) is 1. The summed E-state index contributed by atoms with van der Waals surface area (Å²) in [5.74, 6) is 0.423. The van der Waals surface area contributed by atoms with Gasteiger partial charge in [0.1, 0.15) is 5.75 Å². The van der Waals surface area contributed by atoms with Crippen LogP contribution < -0.4 is 15.2 Å². The lowest BCUT2D eigenvalue weighted by atomic mass is 10.3. The Balaban J connectivity index is 2.33. The van der Waals surface area contributed by atoms with Gasteiger partial charge in [0.2, 0.25) is 0 Å². The van der Waals surface area contributed by atoms with Crippen LogP contribution >= 0.6 is 11.6 Å². The van der Waals surface area contributed by atoms with Gasteiger partial charge < -0.3 is 10.5 Å². The van der Waals surface area contributed by atoms with Crippen LogP contribution in [0, 0.1) is 0 Å². The molecule has 0 aromatic heterocycles. The van der Waals surface area contributed by atoms with Crippen LogP contribution in [-0.4, -0.2) is 15.5 Å². The summed E-state index contributed by atoms with van der Waals surface area (Å²) in [6, 6.07) is 10.7. The van der Waals surface area contributed by atoms with E-state index in [-0.39, 0.29) is 10.6 Å². The van der Waals surface area contributed by atoms with Gasteiger partial charge in [0.05, 0.1) is 23.4 Å². The SMILES string of the molecule is COc1ccc(S(=O)(=O)Nc2cccc(Cl)c2)cc1N. The van der Waals surface area contributed by atoms with Gasteiger partial charge in [0.15, 0.2) is 0 Å². The van der Waals surface area contributed by atoms with Crippen LogP contribution in [0.2, 0.25) is 5.02 Å². The molecule has 0 aliphatic heterocycles. The van der Waals surface area contributed by atoms with Crippen molar-refractivity contribution in [1.82, 2.24) is 0 Å². The molecular formula is C13H13ClN2O3S. The van der Waals surface area contributed by atoms with E-state index < -0.39 is 10.0 Å². The first kappa shape index (κ1) is 14.5. The molecule has 0 spiro atoms. The second-order valence-electron chi connectivity index (χ2n) is 4.02. The van der Waals surface area contributed by atoms with Gasteiger partial charge in [-0.1, -0.05) is 17.7 Å². The van der Waals surface area contributed by atoms with Gasteiger partial charge in [0.25, 0.3) is 10.0 Å². The fraction of sp³-hybridized carbons (Fsp3) is 0.0769. The summed E-state index contributed by atoms with van der Waals surface area (Å²) in [5.41, 5.74) is 6.34. The Morgan fingerprint density at radius 3 is 2.55 bits per heavy atom. The Morgan fingerprint density at radius 1 is 1.20 bits per heavy atom. The quantitative estimate of drug-likeness (QED) is 0.851. The largest absolute Gasteiger partial charge is 0.495 e. The molecule has 3 N–H and O–H groups in total. The summed E-state index contributed by atoms with van der Waals surface area (Å²) in [6.07, 6.45) is 0. The lowest BCUT2D eigenvalue weighted by molar-refractivity contribution is 0.416. The fourth-order valence-corrected chi connectivity index (χ4v) is 2.92. The smallest absolute Gasteiger partial charge is 0.261 e. The summed E-state index contributed by atoms with van der Waals surface area (Å²) in [7, 11) is -2.26. The first-order valence-electron chi connectivity index (χ1n) is 5.64. The number of methoxy groups -OCH3 is 1. The lowest BCUT2D eigenvalue weighted by Crippen LogP contribution is -2.13. The van der Waals surface area contributed by atoms with Gasteiger partial charge in [0, 0.05) is 5.02 Å². The summed E-state index contributed by atoms with van der Waals surface area (Å²) < 4.78 is 31.8. The second-order valence-corrected chi connectivity index (χ2v) is 6.14. The third kappa shape index (κ3) is 3.15. The maximum absolute atomic E-state index is 12.2. The number of halogens is 1. The van der Waals surface area contributed by atoms with Gasteiger partial charge in [-0.3, -0.25) is 4.72 Å². The van der Waals surface area contributed by atoms with Crippen molar-refractivity contribution in [3.8, 4) is 5.75 Å². The maximum atomic E-state index is 12.2. The van der Waals surface area contributed by atoms with E-state index in [0.717, 1.165) is 0 Å². The molecule has 106 valence electrons. The van der Waals surface area contributed by atoms with Crippen molar-refractivity contribution in [2.45, 2.75) is 4.90 Å². The Hall–Kier alpha value is -1.92. The minimum Gasteiger partial charge on any atom is -0.495 e. The van der Waals surface area contributed by atoms with Crippen molar-refractivity contribution in [2.24, 2.45) is 0 Å². The number of nitrogens with two attached hydrogens (primary N) is 1. The van der Waals surface area contributed by atoms with E-state index in [4.69, 9.17) is 22.1 Å². The molecular weight excluding hydrogens is 300 g/mol. The topological polar surface area (TPSA) is 81.4 Å². The van der Waals surface area contributed by atoms with Crippen LogP contribution in [0.5, 0.6) is 5.75 Å². The minimum absolute atomic E-state index is 0.0516. The van der Waals surface area contributed by atoms with Crippen molar-refractivity contribution < 1.29 is 13.2 Å². The molecule has 0 unspecified atom stereocenters. The molecule has 0 bridgehead atoms. The predicted octanol–water partition coefficient (Wildman–Crippen LogP) is 2.73. The van der Waals surface area contributed by atoms with Crippen LogP contribution in [0.1, 0.15) is 0 Å². The van der Waals surface area contributed by atoms with Crippen molar-refractivity contribution in [2.75, 3.05) is 17.6 Å². The average molecular weight is 313 g/mol. The third-order valence-electron chi connectivity index (χ3n) is 2.59. The zero-order valence-corrected chi connectivity index (χ0v) is 12.2. The summed E-state index contributed by atoms with van der Waals surface area (Å²) in [6.45, 7) is 0. The molecule has 2 aromatic carbocycles. The molecule has 2 aromatic rings. The van der Waals surface area contributed by atoms with E-state index in [1.165, 1.54) is 31.4 Å². The summed E-state index contributed by atoms with van der Waals surface area (Å²) in [4.78, 5) is 0.0516. The van der Waals surface area contributed by atoms with Crippen LogP contribution in [0.25, 0.3) is 0 Å². The van der Waals surface area contributed by atoms with E-state index in [1.807, 2.05) is 0 Å². The van der Waals surface area contributed by atoms with E-state index in [1.54, 1.807) is 18.2 Å². The molecule has 0 saturated heterocycles. The highest BCUT2D eigenvalue weighted by atomic mass is 35.5. The van der Waals surface area contributed by atoms with Crippen molar-refractivity contribution in [3.63, 3.8) is 0 Å². The second kappa shape index (κ2) is 5.60. The minimum atomic E-state index is -3.72. The Kier molecular flexibility index (Phi) is 4.06. The van der Waals surface area contributed by atoms with Gasteiger partial charge in [-0.25, -0.2) is 8.42 Å². The third-order valence-corrected chi connectivity index (χ3v) is 4.20. The first-order chi connectivity index (χ1) is 9.42. The Labute approximate surface area is 122 Å². The highest BCUT2D eigenvalue weighted by Crippen LogP contribution is 2.26. The van der Waals surface area contributed by atoms with E-state index >= 15 is 0 Å². The number of rotatable bonds is 4. The van der Waals surface area contributed by atoms with E-state index in [0.29, 0.717) is 16.5 Å². The first-order valence-corrected chi connectivity index (χ1v) is 7.50. The lowest BCUT2D eigenvalue weighted by Gasteiger charge is -2.10. The fourth-order valence-electron chi connectivity index (χ4n) is 1.65. The van der Waals surface area contributed by atoms with Crippen LogP contribution in [0.4, 0.5) is 11.4 Å². The maximum Gasteiger partial charge on any atom is 0.261 e. The molecule has 0 atom stereocenters. The molecule has 20 heavy (non-hydrogen) atoms. The molecule has 0 radical (unpaired) electrons. The summed E-state index contributed by atoms with van der Waals surface area (Å²) >= 11 is 5.81. The molecule has 0 heterocycles. The number of ether oxygens (including phenoxy) is 1. The molecule has 0 amide bonds. The van der Waals surface area contributed by atoms with E-state index in [2.05, 4.69) is 4.72 Å². The van der Waals surface area contributed by atoms with Crippen LogP contribution in [-0.2, 0) is 10.0 Å². The van der Waals surface area contributed by atoms with E-state index in [9.17, 15) is 8.42 Å². The average Bonchev–Trinajstić information content (AvgIpc) is 2.38. The zero-order chi connectivity index (χ0) is 14.8. The molecule has 2 rings (SSSR count). The Morgan fingerprint density at radius 2 is 1.95 bits per heavy atom. The molecule has 5 nitrogen and oxygen atoms in total. The Bertz CT molecular complexity index is 732. The van der Waals surface area contributed by atoms with Crippen molar-refractivity contribution in [1.29, 1.82) is 0 Å². The number of hydrogen-bond acceptors (Lipinski definition) is 4. The molecule has 0 saturated carbocycles. The number of anilines is 2. The van der Waals surface area contributed by atoms with Crippen LogP contribution in [0.15, 0.2) is 47.4 Å². The number of benzene rings is 2. The summed E-state index contributed by atoms with van der Waals surface area (Å²) in [5, 5.41) is 0.444. The highest BCUT2D eigenvalue weighted by Gasteiger charge is 2.16. The predicted molar refractivity (Wildman–Crippen MR) is 79.7 cm³/mol. The van der Waals surface area contributed by atoms with Gasteiger partial charge in [-0.2, -0.15) is 0 Å². The standard InChI is InChI=1S/C13H13ClN2O3S/c1-19-13-6-5-11(8-12(13)15)20(17,18)16-10-4-2-3-9(14)7-10/h2-8,16H,15H2,1H3. The number of nitrogen functional groups attached to an aromatic ring is 1. The van der Waals surface area contributed by atoms with Gasteiger partial charge >= 0.3 is 0 Å². The van der Waals surface area contributed by atoms with Crippen molar-refractivity contribution in [3.05, 3.63) is 47.5 Å². The monoisotopic (exact) mass is 312 g/mol. The van der Waals surface area contributed by atoms with Gasteiger partial charge in [-0.05, 0) is 36.4 Å². The molecule has 7 heteroatoms. The molecule has 0 aliphatic rings. The van der Waals surface area contributed by atoms with Crippen molar-refractivity contribution >= 4 is 33.0 Å². The number of hydrogen-bond donors (Lipinski definition) is 2. The highest BCUT2D eigenvalue weighted by molar-refractivity contribution is 7.92. The van der Waals surface area contributed by atoms with Crippen LogP contribution in [0.3, 0.4) is 0 Å².